The standard InChI is InChI=1S/C26H16N4O6S4/c31-39(32,33)23-13-15(9-11-17(23)25-27-19-5-1-3-7-21(19)37-25)29-30-16-10-12-18(24(14-16)40(34,35)36)26-28-20-6-2-4-8-22(20)38-26/h1-14H,(H,31,32,33)(H,34,35,36). The number of hydrogen-bond acceptors (Lipinski definition) is 10. The van der Waals surface area contributed by atoms with E-state index >= 15 is 0 Å². The molecule has 0 fully saturated rings. The van der Waals surface area contributed by atoms with Crippen molar-refractivity contribution in [1.82, 2.24) is 9.97 Å². The van der Waals surface area contributed by atoms with E-state index < -0.39 is 30.0 Å². The topological polar surface area (TPSA) is 159 Å². The van der Waals surface area contributed by atoms with Crippen LogP contribution in [0.1, 0.15) is 0 Å². The predicted molar refractivity (Wildman–Crippen MR) is 154 cm³/mol. The number of fused-ring (bicyclic) bond motifs is 2. The third-order valence-corrected chi connectivity index (χ3v) is 9.74. The summed E-state index contributed by atoms with van der Waals surface area (Å²) >= 11 is 2.55. The van der Waals surface area contributed by atoms with Gasteiger partial charge in [0.1, 0.15) is 19.8 Å². The normalized spacial score (nSPS) is 12.6. The maximum absolute atomic E-state index is 12.2. The lowest BCUT2D eigenvalue weighted by atomic mass is 10.2. The van der Waals surface area contributed by atoms with Crippen molar-refractivity contribution in [2.24, 2.45) is 10.2 Å². The minimum absolute atomic E-state index is 0.0844. The van der Waals surface area contributed by atoms with Crippen molar-refractivity contribution in [3.63, 3.8) is 0 Å². The van der Waals surface area contributed by atoms with Gasteiger partial charge in [-0.25, -0.2) is 9.97 Å². The van der Waals surface area contributed by atoms with E-state index in [1.165, 1.54) is 46.9 Å². The van der Waals surface area contributed by atoms with Gasteiger partial charge in [0, 0.05) is 11.1 Å². The number of rotatable bonds is 6. The van der Waals surface area contributed by atoms with Gasteiger partial charge in [-0.15, -0.1) is 22.7 Å². The number of benzene rings is 4. The Balaban J connectivity index is 1.38. The summed E-state index contributed by atoms with van der Waals surface area (Å²) < 4.78 is 70.4. The largest absolute Gasteiger partial charge is 0.295 e. The second-order valence-corrected chi connectivity index (χ2v) is 13.3. The molecule has 10 nitrogen and oxygen atoms in total. The lowest BCUT2D eigenvalue weighted by Crippen LogP contribution is -2.00. The van der Waals surface area contributed by atoms with Gasteiger partial charge in [0.15, 0.2) is 0 Å². The van der Waals surface area contributed by atoms with E-state index in [1.54, 1.807) is 12.1 Å². The highest BCUT2D eigenvalue weighted by Gasteiger charge is 2.22. The van der Waals surface area contributed by atoms with Crippen LogP contribution in [-0.4, -0.2) is 35.9 Å². The fraction of sp³-hybridized carbons (Fsp3) is 0. The third-order valence-electron chi connectivity index (χ3n) is 5.82. The zero-order valence-corrected chi connectivity index (χ0v) is 23.3. The van der Waals surface area contributed by atoms with Crippen LogP contribution in [0.5, 0.6) is 0 Å². The summed E-state index contributed by atoms with van der Waals surface area (Å²) in [6.45, 7) is 0. The summed E-state index contributed by atoms with van der Waals surface area (Å²) in [7, 11) is -9.30. The van der Waals surface area contributed by atoms with Crippen LogP contribution in [0.15, 0.2) is 105 Å². The van der Waals surface area contributed by atoms with E-state index in [0.717, 1.165) is 21.5 Å². The van der Waals surface area contributed by atoms with Crippen LogP contribution in [0.25, 0.3) is 41.6 Å². The van der Waals surface area contributed by atoms with Crippen molar-refractivity contribution >= 4 is 74.7 Å². The van der Waals surface area contributed by atoms with Crippen molar-refractivity contribution in [2.45, 2.75) is 9.79 Å². The summed E-state index contributed by atoms with van der Waals surface area (Å²) in [6.07, 6.45) is 0. The quantitative estimate of drug-likeness (QED) is 0.149. The van der Waals surface area contributed by atoms with E-state index in [2.05, 4.69) is 20.2 Å². The molecule has 0 atom stereocenters. The number of aromatic nitrogens is 2. The summed E-state index contributed by atoms with van der Waals surface area (Å²) in [5.74, 6) is 0. The highest BCUT2D eigenvalue weighted by molar-refractivity contribution is 7.86. The molecule has 0 bridgehead atoms. The molecular formula is C26H16N4O6S4. The van der Waals surface area contributed by atoms with Crippen LogP contribution >= 0.6 is 22.7 Å². The van der Waals surface area contributed by atoms with E-state index in [9.17, 15) is 25.9 Å². The average molecular weight is 609 g/mol. The fourth-order valence-corrected chi connectivity index (χ4v) is 7.58. The van der Waals surface area contributed by atoms with Crippen molar-refractivity contribution in [1.29, 1.82) is 0 Å². The number of hydrogen-bond donors (Lipinski definition) is 2. The molecule has 2 N–H and O–H groups in total. The van der Waals surface area contributed by atoms with Crippen LogP contribution in [0.3, 0.4) is 0 Å². The maximum atomic E-state index is 12.2. The van der Waals surface area contributed by atoms with Gasteiger partial charge < -0.3 is 0 Å². The van der Waals surface area contributed by atoms with Crippen LogP contribution in [0, 0.1) is 0 Å². The molecule has 2 aromatic heterocycles. The molecule has 0 aliphatic rings. The van der Waals surface area contributed by atoms with Gasteiger partial charge in [0.25, 0.3) is 20.2 Å². The zero-order chi connectivity index (χ0) is 28.1. The minimum atomic E-state index is -4.65. The van der Waals surface area contributed by atoms with Crippen molar-refractivity contribution in [3.8, 4) is 21.1 Å². The third kappa shape index (κ3) is 5.15. The van der Waals surface area contributed by atoms with E-state index in [0.29, 0.717) is 21.0 Å². The van der Waals surface area contributed by atoms with Gasteiger partial charge in [-0.1, -0.05) is 24.3 Å². The Bertz CT molecular complexity index is 1970. The molecule has 2 heterocycles. The molecule has 0 amide bonds. The molecule has 6 aromatic rings. The molecule has 0 radical (unpaired) electrons. The van der Waals surface area contributed by atoms with Crippen LogP contribution in [0.4, 0.5) is 11.4 Å². The highest BCUT2D eigenvalue weighted by Crippen LogP contribution is 2.38. The molecule has 0 aliphatic heterocycles. The Kier molecular flexibility index (Phi) is 6.53. The lowest BCUT2D eigenvalue weighted by molar-refractivity contribution is 0.481. The Morgan fingerprint density at radius 1 is 0.575 bits per heavy atom. The highest BCUT2D eigenvalue weighted by atomic mass is 32.2. The molecule has 0 aliphatic carbocycles. The predicted octanol–water partition coefficient (Wildman–Crippen LogP) is 7.15. The minimum Gasteiger partial charge on any atom is -0.282 e. The van der Waals surface area contributed by atoms with Crippen LogP contribution in [0.2, 0.25) is 0 Å². The average Bonchev–Trinajstić information content (AvgIpc) is 3.55. The second-order valence-electron chi connectivity index (χ2n) is 8.48. The molecule has 0 saturated carbocycles. The number of para-hydroxylation sites is 2. The maximum Gasteiger partial charge on any atom is 0.295 e. The molecule has 4 aromatic carbocycles. The summed E-state index contributed by atoms with van der Waals surface area (Å²) in [4.78, 5) is 8.14. The first kappa shape index (κ1) is 26.3. The van der Waals surface area contributed by atoms with E-state index in [-0.39, 0.29) is 22.5 Å². The van der Waals surface area contributed by atoms with Crippen molar-refractivity contribution in [2.75, 3.05) is 0 Å². The Labute approximate surface area is 235 Å². The first-order chi connectivity index (χ1) is 19.1. The first-order valence-electron chi connectivity index (χ1n) is 11.4. The van der Waals surface area contributed by atoms with Crippen molar-refractivity contribution < 1.29 is 25.9 Å². The monoisotopic (exact) mass is 608 g/mol. The Morgan fingerprint density at radius 2 is 0.975 bits per heavy atom. The Hall–Kier alpha value is -3.92. The zero-order valence-electron chi connectivity index (χ0n) is 20.0. The lowest BCUT2D eigenvalue weighted by Gasteiger charge is -2.06. The number of thiazole rings is 2. The van der Waals surface area contributed by atoms with Gasteiger partial charge in [-0.2, -0.15) is 27.1 Å². The summed E-state index contributed by atoms with van der Waals surface area (Å²) in [6, 6.07) is 22.9. The molecular weight excluding hydrogens is 593 g/mol. The fourth-order valence-electron chi connectivity index (χ4n) is 4.02. The van der Waals surface area contributed by atoms with E-state index in [1.807, 2.05) is 36.4 Å². The van der Waals surface area contributed by atoms with Crippen LogP contribution in [-0.2, 0) is 20.2 Å². The van der Waals surface area contributed by atoms with Crippen LogP contribution < -0.4 is 0 Å². The number of nitrogens with zero attached hydrogens (tertiary/aromatic N) is 4. The molecule has 40 heavy (non-hydrogen) atoms. The Morgan fingerprint density at radius 3 is 1.35 bits per heavy atom. The molecule has 6 rings (SSSR count). The second kappa shape index (κ2) is 9.92. The van der Waals surface area contributed by atoms with Gasteiger partial charge in [-0.05, 0) is 60.7 Å². The number of azo groups is 1. The molecule has 200 valence electrons. The van der Waals surface area contributed by atoms with Gasteiger partial charge >= 0.3 is 0 Å². The smallest absolute Gasteiger partial charge is 0.282 e. The van der Waals surface area contributed by atoms with Gasteiger partial charge in [0.05, 0.1) is 31.8 Å². The molecule has 0 unspecified atom stereocenters. The molecule has 0 spiro atoms. The van der Waals surface area contributed by atoms with E-state index in [4.69, 9.17) is 0 Å². The van der Waals surface area contributed by atoms with Gasteiger partial charge in [0.2, 0.25) is 0 Å². The SMILES string of the molecule is O=S(=O)(O)c1cc(N=Nc2ccc(-c3nc4ccccc4s3)c(S(=O)(=O)O)c2)ccc1-c1nc2ccccc2s1. The summed E-state index contributed by atoms with van der Waals surface area (Å²) in [5.41, 5.74) is 1.96. The molecule has 0 saturated heterocycles. The van der Waals surface area contributed by atoms with Crippen molar-refractivity contribution in [3.05, 3.63) is 84.9 Å². The first-order valence-corrected chi connectivity index (χ1v) is 15.9. The van der Waals surface area contributed by atoms with Gasteiger partial charge in [-0.3, -0.25) is 9.11 Å². The molecule has 14 heteroatoms. The summed E-state index contributed by atoms with van der Waals surface area (Å²) in [5, 5.41) is 8.87.